The maximum Gasteiger partial charge on any atom is 0.434 e. The zero-order chi connectivity index (χ0) is 12.5. The van der Waals surface area contributed by atoms with Gasteiger partial charge in [0.05, 0.1) is 6.04 Å². The Morgan fingerprint density at radius 1 is 1.39 bits per heavy atom. The van der Waals surface area contributed by atoms with Crippen molar-refractivity contribution in [2.45, 2.75) is 25.2 Å². The molecule has 1 aliphatic heterocycles. The number of hydroxylamine groups is 2. The molecule has 1 fully saturated rings. The Morgan fingerprint density at radius 2 is 2.17 bits per heavy atom. The minimum absolute atomic E-state index is 0.0210. The minimum atomic E-state index is -0.443. The van der Waals surface area contributed by atoms with Gasteiger partial charge in [-0.25, -0.2) is 4.79 Å². The van der Waals surface area contributed by atoms with E-state index in [9.17, 15) is 4.79 Å². The number of hydrogen-bond acceptors (Lipinski definition) is 3. The highest BCUT2D eigenvalue weighted by atomic mass is 35.5. The Labute approximate surface area is 110 Å². The third kappa shape index (κ3) is 2.21. The second-order valence-corrected chi connectivity index (χ2v) is 4.78. The Balaban J connectivity index is 1.56. The molecule has 4 nitrogen and oxygen atoms in total. The normalized spacial score (nSPS) is 24.6. The molecule has 1 aromatic carbocycles. The van der Waals surface area contributed by atoms with Crippen LogP contribution in [0.4, 0.5) is 4.79 Å². The fourth-order valence-electron chi connectivity index (χ4n) is 2.09. The molecule has 1 saturated heterocycles. The Bertz CT molecular complexity index is 486. The number of carbonyl (C=O) groups excluding carboxylic acids is 1. The summed E-state index contributed by atoms with van der Waals surface area (Å²) in [4.78, 5) is 17.2. The number of ether oxygens (including phenoxy) is 1. The van der Waals surface area contributed by atoms with Gasteiger partial charge in [-0.1, -0.05) is 35.9 Å². The number of nitrogens with zero attached hydrogens (tertiary/aromatic N) is 1. The van der Waals surface area contributed by atoms with Crippen molar-refractivity contribution in [2.24, 2.45) is 0 Å². The van der Waals surface area contributed by atoms with Gasteiger partial charge >= 0.3 is 6.09 Å². The van der Waals surface area contributed by atoms with E-state index in [0.717, 1.165) is 12.0 Å². The Morgan fingerprint density at radius 3 is 2.78 bits per heavy atom. The largest absolute Gasteiger partial charge is 0.443 e. The zero-order valence-corrected chi connectivity index (χ0v) is 10.3. The quantitative estimate of drug-likeness (QED) is 0.772. The lowest BCUT2D eigenvalue weighted by Gasteiger charge is -2.21. The van der Waals surface area contributed by atoms with E-state index in [1.807, 2.05) is 24.3 Å². The molecule has 0 saturated carbocycles. The zero-order valence-electron chi connectivity index (χ0n) is 9.58. The van der Waals surface area contributed by atoms with Crippen LogP contribution in [0.15, 0.2) is 36.4 Å². The fraction of sp³-hybridized carbons (Fsp3) is 0.308. The molecule has 18 heavy (non-hydrogen) atoms. The van der Waals surface area contributed by atoms with Crippen LogP contribution in [0.1, 0.15) is 12.0 Å². The van der Waals surface area contributed by atoms with E-state index in [-0.39, 0.29) is 18.8 Å². The van der Waals surface area contributed by atoms with Crippen LogP contribution in [0.25, 0.3) is 0 Å². The van der Waals surface area contributed by atoms with Crippen LogP contribution < -0.4 is 0 Å². The van der Waals surface area contributed by atoms with Gasteiger partial charge in [0.1, 0.15) is 12.7 Å². The molecule has 3 rings (SSSR count). The summed E-state index contributed by atoms with van der Waals surface area (Å²) in [6.45, 7) is 0.219. The molecule has 1 aromatic rings. The summed E-state index contributed by atoms with van der Waals surface area (Å²) in [5, 5.41) is 1.97. The molecule has 1 amide bonds. The molecule has 2 aliphatic rings. The average molecular weight is 266 g/mol. The van der Waals surface area contributed by atoms with E-state index in [1.54, 1.807) is 12.1 Å². The number of hydrogen-bond donors (Lipinski definition) is 0. The summed E-state index contributed by atoms with van der Waals surface area (Å²) < 4.78 is 5.19. The first-order valence-electron chi connectivity index (χ1n) is 5.78. The minimum Gasteiger partial charge on any atom is -0.443 e. The molecule has 1 heterocycles. The monoisotopic (exact) mass is 265 g/mol. The number of halogens is 1. The highest BCUT2D eigenvalue weighted by Gasteiger charge is 2.39. The van der Waals surface area contributed by atoms with Gasteiger partial charge in [-0.05, 0) is 17.7 Å². The molecule has 0 aromatic heterocycles. The number of fused-ring (bicyclic) bond motifs is 2. The molecular weight excluding hydrogens is 254 g/mol. The summed E-state index contributed by atoms with van der Waals surface area (Å²) in [5.74, 6) is 0. The van der Waals surface area contributed by atoms with Crippen molar-refractivity contribution in [3.63, 3.8) is 0 Å². The Kier molecular flexibility index (Phi) is 2.97. The maximum atomic E-state index is 11.8. The summed E-state index contributed by atoms with van der Waals surface area (Å²) >= 11 is 5.78. The third-order valence-corrected chi connectivity index (χ3v) is 3.28. The van der Waals surface area contributed by atoms with Crippen molar-refractivity contribution >= 4 is 17.7 Å². The highest BCUT2D eigenvalue weighted by molar-refractivity contribution is 6.30. The van der Waals surface area contributed by atoms with Crippen molar-refractivity contribution in [1.29, 1.82) is 0 Å². The van der Waals surface area contributed by atoms with Crippen molar-refractivity contribution < 1.29 is 14.4 Å². The first kappa shape index (κ1) is 11.6. The van der Waals surface area contributed by atoms with Gasteiger partial charge in [-0.3, -0.25) is 4.84 Å². The predicted molar refractivity (Wildman–Crippen MR) is 65.9 cm³/mol. The van der Waals surface area contributed by atoms with E-state index in [1.165, 1.54) is 5.06 Å². The maximum absolute atomic E-state index is 11.8. The first-order chi connectivity index (χ1) is 8.72. The number of amides is 1. The average Bonchev–Trinajstić information content (AvgIpc) is 3.00. The van der Waals surface area contributed by atoms with Crippen molar-refractivity contribution in [3.8, 4) is 0 Å². The van der Waals surface area contributed by atoms with Crippen molar-refractivity contribution in [3.05, 3.63) is 47.0 Å². The van der Waals surface area contributed by atoms with E-state index < -0.39 is 6.09 Å². The van der Waals surface area contributed by atoms with Crippen LogP contribution in [-0.4, -0.2) is 23.3 Å². The van der Waals surface area contributed by atoms with Crippen molar-refractivity contribution in [2.75, 3.05) is 0 Å². The van der Waals surface area contributed by atoms with Gasteiger partial charge in [0, 0.05) is 11.4 Å². The van der Waals surface area contributed by atoms with Gasteiger partial charge in [0.2, 0.25) is 0 Å². The standard InChI is InChI=1S/C13H12ClNO3/c14-10-3-1-9(2-4-10)8-17-13(16)15-11-5-6-12(7-11)18-15/h1-6,11-12H,7-8H2. The molecule has 2 bridgehead atoms. The molecule has 0 N–H and O–H groups in total. The lowest BCUT2D eigenvalue weighted by Crippen LogP contribution is -2.35. The summed E-state index contributed by atoms with van der Waals surface area (Å²) in [6, 6.07) is 7.20. The second kappa shape index (κ2) is 4.63. The van der Waals surface area contributed by atoms with Crippen LogP contribution in [0.2, 0.25) is 5.02 Å². The Hall–Kier alpha value is -1.52. The fourth-order valence-corrected chi connectivity index (χ4v) is 2.22. The molecule has 0 radical (unpaired) electrons. The number of benzene rings is 1. The molecule has 0 spiro atoms. The third-order valence-electron chi connectivity index (χ3n) is 3.03. The molecule has 1 aliphatic carbocycles. The van der Waals surface area contributed by atoms with E-state index in [0.29, 0.717) is 5.02 Å². The van der Waals surface area contributed by atoms with E-state index >= 15 is 0 Å². The molecule has 2 unspecified atom stereocenters. The number of rotatable bonds is 2. The second-order valence-electron chi connectivity index (χ2n) is 4.34. The molecule has 2 atom stereocenters. The highest BCUT2D eigenvalue weighted by Crippen LogP contribution is 2.29. The van der Waals surface area contributed by atoms with E-state index in [2.05, 4.69) is 0 Å². The first-order valence-corrected chi connectivity index (χ1v) is 6.16. The van der Waals surface area contributed by atoms with Crippen molar-refractivity contribution in [1.82, 2.24) is 5.06 Å². The van der Waals surface area contributed by atoms with Crippen LogP contribution in [-0.2, 0) is 16.2 Å². The molecule has 5 heteroatoms. The molecule has 94 valence electrons. The predicted octanol–water partition coefficient (Wildman–Crippen LogP) is 2.92. The summed E-state index contributed by atoms with van der Waals surface area (Å²) in [7, 11) is 0. The van der Waals surface area contributed by atoms with Crippen LogP contribution >= 0.6 is 11.6 Å². The van der Waals surface area contributed by atoms with Crippen LogP contribution in [0.3, 0.4) is 0 Å². The van der Waals surface area contributed by atoms with Gasteiger partial charge in [0.15, 0.2) is 0 Å². The van der Waals surface area contributed by atoms with Gasteiger partial charge in [-0.15, -0.1) is 0 Å². The van der Waals surface area contributed by atoms with E-state index in [4.69, 9.17) is 21.2 Å². The number of carbonyl (C=O) groups is 1. The van der Waals surface area contributed by atoms with Gasteiger partial charge in [-0.2, -0.15) is 5.06 Å². The lowest BCUT2D eigenvalue weighted by atomic mass is 10.2. The lowest BCUT2D eigenvalue weighted by molar-refractivity contribution is -0.129. The molecular formula is C13H12ClNO3. The summed E-state index contributed by atoms with van der Waals surface area (Å²) in [6.07, 6.45) is 4.35. The topological polar surface area (TPSA) is 38.8 Å². The van der Waals surface area contributed by atoms with Gasteiger partial charge in [0.25, 0.3) is 0 Å². The smallest absolute Gasteiger partial charge is 0.434 e. The summed E-state index contributed by atoms with van der Waals surface area (Å²) in [5.41, 5.74) is 0.896. The SMILES string of the molecule is O=C(OCc1ccc(Cl)cc1)N1OC2C=CC1C2. The van der Waals surface area contributed by atoms with Crippen LogP contribution in [0, 0.1) is 0 Å². The van der Waals surface area contributed by atoms with Gasteiger partial charge < -0.3 is 4.74 Å². The van der Waals surface area contributed by atoms with Crippen LogP contribution in [0.5, 0.6) is 0 Å².